The Balaban J connectivity index is 1.46. The van der Waals surface area contributed by atoms with Crippen LogP contribution in [-0.2, 0) is 19.4 Å². The molecule has 4 heterocycles. The minimum absolute atomic E-state index is 0.163. The second kappa shape index (κ2) is 8.55. The van der Waals surface area contributed by atoms with E-state index in [-0.39, 0.29) is 5.56 Å². The molecule has 5 rings (SSSR count). The summed E-state index contributed by atoms with van der Waals surface area (Å²) in [4.78, 5) is 20.1. The van der Waals surface area contributed by atoms with E-state index in [0.29, 0.717) is 18.2 Å². The number of pyridine rings is 2. The quantitative estimate of drug-likeness (QED) is 0.455. The Morgan fingerprint density at radius 2 is 1.88 bits per heavy atom. The van der Waals surface area contributed by atoms with Gasteiger partial charge in [-0.3, -0.25) is 14.3 Å². The molecule has 6 nitrogen and oxygen atoms in total. The van der Waals surface area contributed by atoms with Crippen LogP contribution in [0.4, 0.5) is 0 Å². The average molecular weight is 428 g/mol. The monoisotopic (exact) mass is 427 g/mol. The molecule has 164 valence electrons. The van der Waals surface area contributed by atoms with Crippen LogP contribution in [0, 0.1) is 6.54 Å². The van der Waals surface area contributed by atoms with Gasteiger partial charge in [0.25, 0.3) is 5.56 Å². The van der Waals surface area contributed by atoms with Crippen molar-refractivity contribution >= 4 is 11.0 Å². The predicted molar refractivity (Wildman–Crippen MR) is 126 cm³/mol. The molecule has 1 aromatic carbocycles. The Labute approximate surface area is 187 Å². The zero-order chi connectivity index (χ0) is 22.1. The first-order chi connectivity index (χ1) is 15.6. The number of benzene rings is 1. The van der Waals surface area contributed by atoms with E-state index in [4.69, 9.17) is 9.72 Å². The topological polar surface area (TPSA) is 52.3 Å². The second-order valence-electron chi connectivity index (χ2n) is 8.24. The maximum absolute atomic E-state index is 12.8. The first-order valence-electron chi connectivity index (χ1n) is 11.0. The van der Waals surface area contributed by atoms with Crippen molar-refractivity contribution < 1.29 is 4.74 Å². The van der Waals surface area contributed by atoms with Crippen molar-refractivity contribution in [3.63, 3.8) is 0 Å². The molecule has 0 saturated heterocycles. The van der Waals surface area contributed by atoms with Crippen LogP contribution in [0.3, 0.4) is 0 Å². The van der Waals surface area contributed by atoms with Crippen molar-refractivity contribution in [2.45, 2.75) is 26.4 Å². The van der Waals surface area contributed by atoms with E-state index in [1.54, 1.807) is 10.8 Å². The fourth-order valence-corrected chi connectivity index (χ4v) is 4.44. The van der Waals surface area contributed by atoms with Crippen molar-refractivity contribution in [1.82, 2.24) is 19.0 Å². The Hall–Kier alpha value is -3.51. The molecule has 0 amide bonds. The minimum atomic E-state index is -0.163. The summed E-state index contributed by atoms with van der Waals surface area (Å²) >= 11 is 0. The van der Waals surface area contributed by atoms with E-state index in [1.165, 1.54) is 22.7 Å². The summed E-state index contributed by atoms with van der Waals surface area (Å²) in [5.41, 5.74) is 4.51. The molecule has 0 saturated carbocycles. The number of hydrogen-bond donors (Lipinski definition) is 0. The Morgan fingerprint density at radius 3 is 2.66 bits per heavy atom. The van der Waals surface area contributed by atoms with Gasteiger partial charge in [0.2, 0.25) is 0 Å². The molecule has 1 aliphatic rings. The van der Waals surface area contributed by atoms with Crippen LogP contribution in [0.1, 0.15) is 23.7 Å². The van der Waals surface area contributed by atoms with E-state index in [0.717, 1.165) is 37.1 Å². The molecule has 0 bridgehead atoms. The van der Waals surface area contributed by atoms with Gasteiger partial charge >= 0.3 is 0 Å². The van der Waals surface area contributed by atoms with Crippen LogP contribution in [0.2, 0.25) is 0 Å². The molecule has 0 unspecified atom stereocenters. The van der Waals surface area contributed by atoms with E-state index < -0.39 is 0 Å². The van der Waals surface area contributed by atoms with Crippen LogP contribution < -0.4 is 10.3 Å². The summed E-state index contributed by atoms with van der Waals surface area (Å²) in [6.07, 6.45) is 3.74. The van der Waals surface area contributed by atoms with Gasteiger partial charge in [-0.25, -0.2) is 0 Å². The van der Waals surface area contributed by atoms with Crippen molar-refractivity contribution in [2.24, 2.45) is 0 Å². The fourth-order valence-electron chi connectivity index (χ4n) is 4.44. The zero-order valence-corrected chi connectivity index (χ0v) is 18.5. The number of ether oxygens (including phenoxy) is 1. The minimum Gasteiger partial charge on any atom is -0.489 e. The highest BCUT2D eigenvalue weighted by molar-refractivity contribution is 5.84. The molecule has 32 heavy (non-hydrogen) atoms. The molecule has 6 heteroatoms. The molecular weight excluding hydrogens is 400 g/mol. The third-order valence-electron chi connectivity index (χ3n) is 6.17. The lowest BCUT2D eigenvalue weighted by atomic mass is 10.1. The van der Waals surface area contributed by atoms with E-state index >= 15 is 0 Å². The smallest absolute Gasteiger partial charge is 0.259 e. The fraction of sp³-hybridized carbons (Fsp3) is 0.269. The molecule has 0 aliphatic carbocycles. The summed E-state index contributed by atoms with van der Waals surface area (Å²) in [6.45, 7) is 6.62. The predicted octanol–water partition coefficient (Wildman–Crippen LogP) is 3.83. The molecule has 3 aromatic heterocycles. The van der Waals surface area contributed by atoms with Gasteiger partial charge in [-0.2, -0.15) is 0 Å². The molecular formula is C26H27N4O2-. The van der Waals surface area contributed by atoms with Gasteiger partial charge < -0.3 is 14.2 Å². The highest BCUT2D eigenvalue weighted by Crippen LogP contribution is 2.29. The van der Waals surface area contributed by atoms with Gasteiger partial charge in [-0.05, 0) is 49.5 Å². The van der Waals surface area contributed by atoms with Gasteiger partial charge in [0.1, 0.15) is 18.2 Å². The van der Waals surface area contributed by atoms with Crippen molar-refractivity contribution in [2.75, 3.05) is 20.1 Å². The molecule has 0 radical (unpaired) electrons. The van der Waals surface area contributed by atoms with Gasteiger partial charge in [0.05, 0.1) is 0 Å². The molecule has 1 aliphatic heterocycles. The van der Waals surface area contributed by atoms with Gasteiger partial charge in [0, 0.05) is 24.5 Å². The zero-order valence-electron chi connectivity index (χ0n) is 18.5. The third-order valence-corrected chi connectivity index (χ3v) is 6.17. The van der Waals surface area contributed by atoms with Gasteiger partial charge in [-0.15, -0.1) is 6.54 Å². The summed E-state index contributed by atoms with van der Waals surface area (Å²) in [6, 6.07) is 17.3. The van der Waals surface area contributed by atoms with Gasteiger partial charge in [-0.1, -0.05) is 54.6 Å². The lowest BCUT2D eigenvalue weighted by Crippen LogP contribution is -2.21. The van der Waals surface area contributed by atoms with Crippen LogP contribution in [0.25, 0.3) is 16.9 Å². The van der Waals surface area contributed by atoms with Gasteiger partial charge in [0.15, 0.2) is 0 Å². The third kappa shape index (κ3) is 3.78. The normalized spacial score (nSPS) is 14.2. The van der Waals surface area contributed by atoms with E-state index in [2.05, 4.69) is 29.1 Å². The van der Waals surface area contributed by atoms with Crippen molar-refractivity contribution in [3.05, 3.63) is 94.5 Å². The standard InChI is InChI=1S/C26H27N4O2/c1-3-29-23-13-15-28(2)14-12-21(23)22-9-10-24(27-26(22)29)30-16-11-20(17-25(30)31)32-18-19-7-5-4-6-8-19/h3-11,16-17H,12-15,18H2,1-2H3/q-1. The number of fused-ring (bicyclic) bond motifs is 3. The highest BCUT2D eigenvalue weighted by Gasteiger charge is 2.15. The Bertz CT molecular complexity index is 1310. The maximum atomic E-state index is 12.8. The first-order valence-corrected chi connectivity index (χ1v) is 11.0. The van der Waals surface area contributed by atoms with E-state index in [9.17, 15) is 4.79 Å². The lowest BCUT2D eigenvalue weighted by molar-refractivity contribution is 0.305. The maximum Gasteiger partial charge on any atom is 0.259 e. The molecule has 0 fully saturated rings. The average Bonchev–Trinajstić information content (AvgIpc) is 2.99. The number of aromatic nitrogens is 3. The lowest BCUT2D eigenvalue weighted by Gasteiger charge is -2.19. The molecule has 4 aromatic rings. The van der Waals surface area contributed by atoms with E-state index in [1.807, 2.05) is 49.4 Å². The first kappa shape index (κ1) is 20.4. The van der Waals surface area contributed by atoms with Crippen LogP contribution in [-0.4, -0.2) is 39.2 Å². The summed E-state index contributed by atoms with van der Waals surface area (Å²) < 4.78 is 9.56. The van der Waals surface area contributed by atoms with Crippen LogP contribution >= 0.6 is 0 Å². The Morgan fingerprint density at radius 1 is 1.06 bits per heavy atom. The SMILES string of the molecule is C[CH-]n1c2c(c3ccc(-n4ccc(OCc5ccccc5)cc4=O)nc31)CCN(C)CC2. The molecule has 0 atom stereocenters. The largest absolute Gasteiger partial charge is 0.489 e. The van der Waals surface area contributed by atoms with Crippen molar-refractivity contribution in [3.8, 4) is 11.6 Å². The summed E-state index contributed by atoms with van der Waals surface area (Å²) in [5.74, 6) is 1.17. The summed E-state index contributed by atoms with van der Waals surface area (Å²) in [7, 11) is 2.17. The van der Waals surface area contributed by atoms with Crippen LogP contribution in [0.15, 0.2) is 65.6 Å². The Kier molecular flexibility index (Phi) is 5.45. The number of nitrogens with zero attached hydrogens (tertiary/aromatic N) is 4. The molecule has 0 spiro atoms. The number of rotatable bonds is 5. The highest BCUT2D eigenvalue weighted by atomic mass is 16.5. The second-order valence-corrected chi connectivity index (χ2v) is 8.24. The number of likely N-dealkylation sites (N-methyl/N-ethyl adjacent to an activating group) is 1. The van der Waals surface area contributed by atoms with Crippen LogP contribution in [0.5, 0.6) is 5.75 Å². The molecule has 0 N–H and O–H groups in total. The number of hydrogen-bond acceptors (Lipinski definition) is 4. The summed E-state index contributed by atoms with van der Waals surface area (Å²) in [5, 5.41) is 1.17. The van der Waals surface area contributed by atoms with Crippen molar-refractivity contribution in [1.29, 1.82) is 0 Å².